The zero-order valence-electron chi connectivity index (χ0n) is 10.6. The smallest absolute Gasteiger partial charge is 0.131 e. The molecule has 1 heterocycles. The third-order valence-corrected chi connectivity index (χ3v) is 3.21. The van der Waals surface area contributed by atoms with Crippen LogP contribution in [0.5, 0.6) is 0 Å². The van der Waals surface area contributed by atoms with Crippen LogP contribution in [0, 0.1) is 12.8 Å². The summed E-state index contributed by atoms with van der Waals surface area (Å²) >= 11 is 5.78. The minimum absolute atomic E-state index is 0.531. The first kappa shape index (κ1) is 13.3. The Balaban J connectivity index is 2.79. The number of anilines is 1. The van der Waals surface area contributed by atoms with Gasteiger partial charge in [0, 0.05) is 25.7 Å². The molecule has 0 aliphatic carbocycles. The minimum atomic E-state index is 0.531. The Labute approximate surface area is 104 Å². The van der Waals surface area contributed by atoms with Gasteiger partial charge in [0.05, 0.1) is 0 Å². The molecule has 0 aliphatic rings. The third kappa shape index (κ3) is 3.38. The molecule has 1 rings (SSSR count). The molecule has 0 N–H and O–H groups in total. The molecular weight excluding hydrogens is 220 g/mol. The average molecular weight is 241 g/mol. The van der Waals surface area contributed by atoms with E-state index in [1.807, 2.05) is 6.20 Å². The van der Waals surface area contributed by atoms with Crippen LogP contribution in [0.15, 0.2) is 12.3 Å². The van der Waals surface area contributed by atoms with Crippen LogP contribution in [-0.4, -0.2) is 18.6 Å². The van der Waals surface area contributed by atoms with Crippen molar-refractivity contribution in [1.82, 2.24) is 4.98 Å². The highest BCUT2D eigenvalue weighted by atomic mass is 35.5. The summed E-state index contributed by atoms with van der Waals surface area (Å²) in [5, 5.41) is 0. The predicted molar refractivity (Wildman–Crippen MR) is 71.3 cm³/mol. The Kier molecular flexibility index (Phi) is 5.07. The SMILES string of the molecule is CCC(C)CN(C)c1ncc(CCl)cc1C. The van der Waals surface area contributed by atoms with Crippen LogP contribution in [0.4, 0.5) is 5.82 Å². The van der Waals surface area contributed by atoms with Crippen molar-refractivity contribution in [2.24, 2.45) is 5.92 Å². The number of halogens is 1. The molecule has 1 atom stereocenters. The fourth-order valence-corrected chi connectivity index (χ4v) is 1.93. The number of rotatable bonds is 5. The molecule has 1 aromatic rings. The van der Waals surface area contributed by atoms with Crippen LogP contribution in [-0.2, 0) is 5.88 Å². The van der Waals surface area contributed by atoms with Crippen molar-refractivity contribution in [1.29, 1.82) is 0 Å². The van der Waals surface area contributed by atoms with E-state index in [4.69, 9.17) is 11.6 Å². The van der Waals surface area contributed by atoms with Crippen molar-refractivity contribution in [3.63, 3.8) is 0 Å². The second-order valence-electron chi connectivity index (χ2n) is 4.51. The molecule has 2 nitrogen and oxygen atoms in total. The zero-order valence-corrected chi connectivity index (χ0v) is 11.4. The van der Waals surface area contributed by atoms with E-state index in [1.54, 1.807) is 0 Å². The summed E-state index contributed by atoms with van der Waals surface area (Å²) in [5.74, 6) is 2.29. The van der Waals surface area contributed by atoms with E-state index in [0.717, 1.165) is 17.9 Å². The largest absolute Gasteiger partial charge is 0.359 e. The fourth-order valence-electron chi connectivity index (χ4n) is 1.78. The van der Waals surface area contributed by atoms with Crippen LogP contribution in [0.3, 0.4) is 0 Å². The maximum atomic E-state index is 5.78. The van der Waals surface area contributed by atoms with E-state index in [2.05, 4.69) is 43.8 Å². The maximum Gasteiger partial charge on any atom is 0.131 e. The Morgan fingerprint density at radius 1 is 1.50 bits per heavy atom. The first-order chi connectivity index (χ1) is 7.58. The lowest BCUT2D eigenvalue weighted by atomic mass is 10.1. The van der Waals surface area contributed by atoms with Gasteiger partial charge in [-0.05, 0) is 30.0 Å². The van der Waals surface area contributed by atoms with Gasteiger partial charge in [0.1, 0.15) is 5.82 Å². The van der Waals surface area contributed by atoms with E-state index >= 15 is 0 Å². The van der Waals surface area contributed by atoms with E-state index < -0.39 is 0 Å². The van der Waals surface area contributed by atoms with Gasteiger partial charge in [0.2, 0.25) is 0 Å². The summed E-state index contributed by atoms with van der Waals surface area (Å²) in [4.78, 5) is 6.70. The zero-order chi connectivity index (χ0) is 12.1. The van der Waals surface area contributed by atoms with Crippen molar-refractivity contribution in [2.75, 3.05) is 18.5 Å². The van der Waals surface area contributed by atoms with E-state index in [1.165, 1.54) is 12.0 Å². The average Bonchev–Trinajstić information content (AvgIpc) is 2.28. The van der Waals surface area contributed by atoms with Gasteiger partial charge >= 0.3 is 0 Å². The van der Waals surface area contributed by atoms with E-state index in [9.17, 15) is 0 Å². The molecule has 0 bridgehead atoms. The van der Waals surface area contributed by atoms with Crippen molar-refractivity contribution < 1.29 is 0 Å². The van der Waals surface area contributed by atoms with E-state index in [0.29, 0.717) is 11.8 Å². The second-order valence-corrected chi connectivity index (χ2v) is 4.78. The summed E-state index contributed by atoms with van der Waals surface area (Å²) in [5.41, 5.74) is 2.28. The number of nitrogens with zero attached hydrogens (tertiary/aromatic N) is 2. The van der Waals surface area contributed by atoms with Gasteiger partial charge < -0.3 is 4.90 Å². The normalized spacial score (nSPS) is 12.6. The predicted octanol–water partition coefficient (Wildman–Crippen LogP) is 3.61. The quantitative estimate of drug-likeness (QED) is 0.731. The Morgan fingerprint density at radius 2 is 2.19 bits per heavy atom. The van der Waals surface area contributed by atoms with Crippen LogP contribution in [0.1, 0.15) is 31.4 Å². The molecular formula is C13H21ClN2. The van der Waals surface area contributed by atoms with Crippen molar-refractivity contribution >= 4 is 17.4 Å². The summed E-state index contributed by atoms with van der Waals surface area (Å²) in [7, 11) is 2.10. The highest BCUT2D eigenvalue weighted by Gasteiger charge is 2.09. The molecule has 0 radical (unpaired) electrons. The first-order valence-electron chi connectivity index (χ1n) is 5.81. The van der Waals surface area contributed by atoms with Gasteiger partial charge in [-0.25, -0.2) is 4.98 Å². The molecule has 0 spiro atoms. The molecule has 0 fully saturated rings. The number of hydrogen-bond donors (Lipinski definition) is 0. The molecule has 16 heavy (non-hydrogen) atoms. The highest BCUT2D eigenvalue weighted by molar-refractivity contribution is 6.17. The monoisotopic (exact) mass is 240 g/mol. The Bertz CT molecular complexity index is 339. The number of pyridine rings is 1. The van der Waals surface area contributed by atoms with E-state index in [-0.39, 0.29) is 0 Å². The van der Waals surface area contributed by atoms with Gasteiger partial charge in [0.25, 0.3) is 0 Å². The molecule has 0 saturated heterocycles. The third-order valence-electron chi connectivity index (χ3n) is 2.91. The fraction of sp³-hybridized carbons (Fsp3) is 0.615. The van der Waals surface area contributed by atoms with Crippen molar-refractivity contribution in [3.8, 4) is 0 Å². The van der Waals surface area contributed by atoms with Gasteiger partial charge in [-0.15, -0.1) is 11.6 Å². The summed E-state index contributed by atoms with van der Waals surface area (Å²) in [6.07, 6.45) is 3.06. The van der Waals surface area contributed by atoms with Crippen LogP contribution in [0.2, 0.25) is 0 Å². The molecule has 0 aromatic carbocycles. The molecule has 0 aliphatic heterocycles. The standard InChI is InChI=1S/C13H21ClN2/c1-5-10(2)9-16(4)13-11(3)6-12(7-14)8-15-13/h6,8,10H,5,7,9H2,1-4H3. The van der Waals surface area contributed by atoms with Gasteiger partial charge in [-0.3, -0.25) is 0 Å². The van der Waals surface area contributed by atoms with Crippen LogP contribution < -0.4 is 4.90 Å². The summed E-state index contributed by atoms with van der Waals surface area (Å²) in [6, 6.07) is 2.11. The summed E-state index contributed by atoms with van der Waals surface area (Å²) in [6.45, 7) is 7.62. The molecule has 0 amide bonds. The van der Waals surface area contributed by atoms with Crippen LogP contribution in [0.25, 0.3) is 0 Å². The molecule has 1 aromatic heterocycles. The maximum absolute atomic E-state index is 5.78. The lowest BCUT2D eigenvalue weighted by Crippen LogP contribution is -2.25. The summed E-state index contributed by atoms with van der Waals surface area (Å²) < 4.78 is 0. The Morgan fingerprint density at radius 3 is 2.69 bits per heavy atom. The Hall–Kier alpha value is -0.760. The molecule has 1 unspecified atom stereocenters. The minimum Gasteiger partial charge on any atom is -0.359 e. The number of aryl methyl sites for hydroxylation is 1. The lowest BCUT2D eigenvalue weighted by molar-refractivity contribution is 0.557. The second kappa shape index (κ2) is 6.09. The van der Waals surface area contributed by atoms with Gasteiger partial charge in [0.15, 0.2) is 0 Å². The molecule has 90 valence electrons. The first-order valence-corrected chi connectivity index (χ1v) is 6.34. The lowest BCUT2D eigenvalue weighted by Gasteiger charge is -2.23. The van der Waals surface area contributed by atoms with Crippen LogP contribution >= 0.6 is 11.6 Å². The van der Waals surface area contributed by atoms with Crippen molar-refractivity contribution in [2.45, 2.75) is 33.1 Å². The molecule has 3 heteroatoms. The van der Waals surface area contributed by atoms with Crippen molar-refractivity contribution in [3.05, 3.63) is 23.4 Å². The number of hydrogen-bond acceptors (Lipinski definition) is 2. The molecule has 0 saturated carbocycles. The number of alkyl halides is 1. The topological polar surface area (TPSA) is 16.1 Å². The van der Waals surface area contributed by atoms with Gasteiger partial charge in [-0.2, -0.15) is 0 Å². The highest BCUT2D eigenvalue weighted by Crippen LogP contribution is 2.19. The van der Waals surface area contributed by atoms with Gasteiger partial charge in [-0.1, -0.05) is 20.3 Å². The number of aromatic nitrogens is 1.